The molecular weight excluding hydrogens is 390 g/mol. The molecule has 0 bridgehead atoms. The highest BCUT2D eigenvalue weighted by Gasteiger charge is 2.32. The van der Waals surface area contributed by atoms with Gasteiger partial charge in [0, 0.05) is 26.2 Å². The average molecular weight is 407 g/mol. The van der Waals surface area contributed by atoms with Crippen LogP contribution in [0, 0.1) is 11.3 Å². The van der Waals surface area contributed by atoms with Crippen LogP contribution < -0.4 is 0 Å². The van der Waals surface area contributed by atoms with Gasteiger partial charge in [-0.15, -0.1) is 0 Å². The molecule has 1 amide bonds. The smallest absolute Gasteiger partial charge is 0.274 e. The lowest BCUT2D eigenvalue weighted by atomic mass is 10.2. The van der Waals surface area contributed by atoms with Gasteiger partial charge in [0.2, 0.25) is 10.0 Å². The number of para-hydroxylation sites is 2. The number of nitriles is 1. The lowest BCUT2D eigenvalue weighted by Crippen LogP contribution is -2.50. The minimum absolute atomic E-state index is 0.0114. The van der Waals surface area contributed by atoms with Gasteiger partial charge in [-0.25, -0.2) is 13.4 Å². The third kappa shape index (κ3) is 3.55. The maximum Gasteiger partial charge on any atom is 0.274 e. The lowest BCUT2D eigenvalue weighted by molar-refractivity contribution is 0.0692. The molecule has 146 valence electrons. The van der Waals surface area contributed by atoms with E-state index in [9.17, 15) is 18.5 Å². The number of hydrogen-bond acceptors (Lipinski definition) is 6. The number of hydrogen-bond donors (Lipinski definition) is 0. The number of fused-ring (bicyclic) bond motifs is 1. The van der Waals surface area contributed by atoms with E-state index in [1.165, 1.54) is 22.6 Å². The Kier molecular flexibility index (Phi) is 4.96. The molecule has 2 aromatic carbocycles. The van der Waals surface area contributed by atoms with Gasteiger partial charge in [-0.05, 0) is 24.3 Å². The highest BCUT2D eigenvalue weighted by atomic mass is 32.2. The molecule has 1 aromatic heterocycles. The van der Waals surface area contributed by atoms with Crippen LogP contribution in [0.2, 0.25) is 0 Å². The molecule has 0 saturated carbocycles. The molecular formula is C20H17N5O3S. The normalized spacial score (nSPS) is 15.2. The fourth-order valence-electron chi connectivity index (χ4n) is 3.28. The van der Waals surface area contributed by atoms with Gasteiger partial charge in [0.1, 0.15) is 11.8 Å². The van der Waals surface area contributed by atoms with Crippen molar-refractivity contribution in [3.63, 3.8) is 0 Å². The Morgan fingerprint density at radius 2 is 1.62 bits per heavy atom. The molecule has 1 saturated heterocycles. The van der Waals surface area contributed by atoms with Crippen molar-refractivity contribution in [3.05, 3.63) is 66.0 Å². The van der Waals surface area contributed by atoms with E-state index in [1.807, 2.05) is 24.3 Å². The maximum atomic E-state index is 12.9. The SMILES string of the molecule is N#Cc1ccccc1S(=O)(=O)N1CCN(C(=O)c2cnc3ccccc3n2)CC1. The number of aromatic nitrogens is 2. The van der Waals surface area contributed by atoms with Crippen LogP contribution in [0.4, 0.5) is 0 Å². The lowest BCUT2D eigenvalue weighted by Gasteiger charge is -2.33. The second-order valence-corrected chi connectivity index (χ2v) is 8.45. The molecule has 3 aromatic rings. The van der Waals surface area contributed by atoms with Crippen molar-refractivity contribution >= 4 is 27.0 Å². The van der Waals surface area contributed by atoms with E-state index >= 15 is 0 Å². The van der Waals surface area contributed by atoms with Crippen molar-refractivity contribution in [1.82, 2.24) is 19.2 Å². The van der Waals surface area contributed by atoms with Crippen molar-refractivity contribution < 1.29 is 13.2 Å². The summed E-state index contributed by atoms with van der Waals surface area (Å²) in [7, 11) is -3.80. The number of sulfonamides is 1. The number of nitrogens with zero attached hydrogens (tertiary/aromatic N) is 5. The van der Waals surface area contributed by atoms with E-state index in [1.54, 1.807) is 23.1 Å². The van der Waals surface area contributed by atoms with Crippen LogP contribution in [0.5, 0.6) is 0 Å². The molecule has 0 aliphatic carbocycles. The quantitative estimate of drug-likeness (QED) is 0.653. The van der Waals surface area contributed by atoms with Crippen LogP contribution in [0.25, 0.3) is 11.0 Å². The van der Waals surface area contributed by atoms with E-state index in [-0.39, 0.29) is 48.2 Å². The fraction of sp³-hybridized carbons (Fsp3) is 0.200. The zero-order valence-electron chi connectivity index (χ0n) is 15.4. The molecule has 29 heavy (non-hydrogen) atoms. The first kappa shape index (κ1) is 19.0. The zero-order valence-corrected chi connectivity index (χ0v) is 16.2. The first-order valence-corrected chi connectivity index (χ1v) is 10.4. The van der Waals surface area contributed by atoms with Crippen molar-refractivity contribution in [2.75, 3.05) is 26.2 Å². The molecule has 1 aliphatic rings. The number of rotatable bonds is 3. The van der Waals surface area contributed by atoms with Crippen LogP contribution in [-0.2, 0) is 10.0 Å². The van der Waals surface area contributed by atoms with E-state index in [0.29, 0.717) is 11.0 Å². The molecule has 0 radical (unpaired) electrons. The molecule has 0 unspecified atom stereocenters. The molecule has 4 rings (SSSR count). The van der Waals surface area contributed by atoms with Crippen LogP contribution >= 0.6 is 0 Å². The molecule has 2 heterocycles. The second-order valence-electron chi connectivity index (χ2n) is 6.55. The Morgan fingerprint density at radius 1 is 0.966 bits per heavy atom. The summed E-state index contributed by atoms with van der Waals surface area (Å²) in [5, 5.41) is 9.20. The van der Waals surface area contributed by atoms with Crippen molar-refractivity contribution in [1.29, 1.82) is 5.26 Å². The third-order valence-electron chi connectivity index (χ3n) is 4.82. The summed E-state index contributed by atoms with van der Waals surface area (Å²) in [6, 6.07) is 15.3. The molecule has 8 nitrogen and oxygen atoms in total. The topological polar surface area (TPSA) is 107 Å². The fourth-order valence-corrected chi connectivity index (χ4v) is 4.84. The summed E-state index contributed by atoms with van der Waals surface area (Å²) in [5.41, 5.74) is 1.68. The predicted octanol–water partition coefficient (Wildman–Crippen LogP) is 1.65. The summed E-state index contributed by atoms with van der Waals surface area (Å²) in [4.78, 5) is 23.0. The molecule has 0 spiro atoms. The van der Waals surface area contributed by atoms with E-state index in [2.05, 4.69) is 9.97 Å². The number of benzene rings is 2. The van der Waals surface area contributed by atoms with E-state index in [4.69, 9.17) is 0 Å². The minimum atomic E-state index is -3.80. The Hall–Kier alpha value is -3.35. The molecule has 1 aliphatic heterocycles. The monoisotopic (exact) mass is 407 g/mol. The highest BCUT2D eigenvalue weighted by molar-refractivity contribution is 7.89. The molecule has 0 N–H and O–H groups in total. The minimum Gasteiger partial charge on any atom is -0.335 e. The van der Waals surface area contributed by atoms with Gasteiger partial charge in [-0.1, -0.05) is 24.3 Å². The Bertz CT molecular complexity index is 1230. The van der Waals surface area contributed by atoms with Crippen LogP contribution in [-0.4, -0.2) is 59.7 Å². The Balaban J connectivity index is 1.50. The average Bonchev–Trinajstić information content (AvgIpc) is 2.78. The number of carbonyl (C=O) groups is 1. The first-order chi connectivity index (χ1) is 14.0. The molecule has 1 fully saturated rings. The summed E-state index contributed by atoms with van der Waals surface area (Å²) >= 11 is 0. The number of piperazine rings is 1. The Labute approximate surface area is 168 Å². The molecule has 9 heteroatoms. The molecule has 0 atom stereocenters. The van der Waals surface area contributed by atoms with Crippen molar-refractivity contribution in [2.45, 2.75) is 4.90 Å². The number of amides is 1. The maximum absolute atomic E-state index is 12.9. The van der Waals surface area contributed by atoms with Gasteiger partial charge in [0.25, 0.3) is 5.91 Å². The highest BCUT2D eigenvalue weighted by Crippen LogP contribution is 2.21. The standard InChI is InChI=1S/C20H17N5O3S/c21-13-15-5-1-4-8-19(15)29(27,28)25-11-9-24(10-12-25)20(26)18-14-22-16-6-2-3-7-17(16)23-18/h1-8,14H,9-12H2. The van der Waals surface area contributed by atoms with Gasteiger partial charge in [-0.3, -0.25) is 9.78 Å². The summed E-state index contributed by atoms with van der Waals surface area (Å²) in [6.45, 7) is 0.770. The van der Waals surface area contributed by atoms with Crippen LogP contribution in [0.15, 0.2) is 59.6 Å². The van der Waals surface area contributed by atoms with Gasteiger partial charge >= 0.3 is 0 Å². The first-order valence-electron chi connectivity index (χ1n) is 9.01. The van der Waals surface area contributed by atoms with E-state index < -0.39 is 10.0 Å². The van der Waals surface area contributed by atoms with Crippen LogP contribution in [0.1, 0.15) is 16.1 Å². The Morgan fingerprint density at radius 3 is 2.34 bits per heavy atom. The van der Waals surface area contributed by atoms with E-state index in [0.717, 1.165) is 0 Å². The van der Waals surface area contributed by atoms with Gasteiger partial charge in [0.15, 0.2) is 0 Å². The predicted molar refractivity (Wildman–Crippen MR) is 105 cm³/mol. The van der Waals surface area contributed by atoms with Gasteiger partial charge in [0.05, 0.1) is 27.7 Å². The summed E-state index contributed by atoms with van der Waals surface area (Å²) in [6.07, 6.45) is 1.44. The van der Waals surface area contributed by atoms with Crippen molar-refractivity contribution in [3.8, 4) is 6.07 Å². The number of carbonyl (C=O) groups excluding carboxylic acids is 1. The van der Waals surface area contributed by atoms with Crippen molar-refractivity contribution in [2.24, 2.45) is 0 Å². The summed E-state index contributed by atoms with van der Waals surface area (Å²) in [5.74, 6) is -0.280. The van der Waals surface area contributed by atoms with Gasteiger partial charge in [-0.2, -0.15) is 9.57 Å². The third-order valence-corrected chi connectivity index (χ3v) is 6.78. The zero-order chi connectivity index (χ0) is 20.4. The summed E-state index contributed by atoms with van der Waals surface area (Å²) < 4.78 is 27.1. The second kappa shape index (κ2) is 7.58. The van der Waals surface area contributed by atoms with Crippen LogP contribution in [0.3, 0.4) is 0 Å². The largest absolute Gasteiger partial charge is 0.335 e. The van der Waals surface area contributed by atoms with Gasteiger partial charge < -0.3 is 4.90 Å².